The highest BCUT2D eigenvalue weighted by atomic mass is 16.3. The number of hydrogen-bond donors (Lipinski definition) is 1. The Morgan fingerprint density at radius 1 is 0.571 bits per heavy atom. The molecule has 1 nitrogen and oxygen atoms in total. The average molecular weight is 299 g/mol. The van der Waals surface area contributed by atoms with Gasteiger partial charge in [-0.25, -0.2) is 0 Å². The first-order chi connectivity index (χ1) is 10.2. The number of hydrogen-bond acceptors (Lipinski definition) is 1. The van der Waals surface area contributed by atoms with Crippen LogP contribution in [-0.4, -0.2) is 11.7 Å². The van der Waals surface area contributed by atoms with E-state index < -0.39 is 0 Å². The van der Waals surface area contributed by atoms with Crippen molar-refractivity contribution in [2.24, 2.45) is 11.8 Å². The quantitative estimate of drug-likeness (QED) is 0.313. The zero-order chi connectivity index (χ0) is 15.8. The molecule has 21 heavy (non-hydrogen) atoms. The van der Waals surface area contributed by atoms with Gasteiger partial charge < -0.3 is 5.11 Å². The lowest BCUT2D eigenvalue weighted by molar-refractivity contribution is 0.225. The first-order valence-electron chi connectivity index (χ1n) is 9.81. The summed E-state index contributed by atoms with van der Waals surface area (Å²) in [5.41, 5.74) is 0. The summed E-state index contributed by atoms with van der Waals surface area (Å²) < 4.78 is 0. The van der Waals surface area contributed by atoms with Crippen LogP contribution in [0.2, 0.25) is 0 Å². The number of aliphatic hydroxyl groups excluding tert-OH is 1. The first kappa shape index (κ1) is 21.0. The Morgan fingerprint density at radius 3 is 1.52 bits per heavy atom. The maximum absolute atomic E-state index is 9.00. The van der Waals surface area contributed by atoms with Crippen LogP contribution in [0, 0.1) is 11.8 Å². The van der Waals surface area contributed by atoms with E-state index in [2.05, 4.69) is 20.8 Å². The monoisotopic (exact) mass is 298 g/mol. The van der Waals surface area contributed by atoms with Crippen molar-refractivity contribution in [1.29, 1.82) is 0 Å². The lowest BCUT2D eigenvalue weighted by atomic mass is 9.94. The summed E-state index contributed by atoms with van der Waals surface area (Å²) in [5, 5.41) is 9.00. The summed E-state index contributed by atoms with van der Waals surface area (Å²) in [6.45, 7) is 7.19. The van der Waals surface area contributed by atoms with E-state index in [0.717, 1.165) is 5.92 Å². The van der Waals surface area contributed by atoms with Gasteiger partial charge >= 0.3 is 0 Å². The molecule has 1 heteroatoms. The average Bonchev–Trinajstić information content (AvgIpc) is 2.49. The second-order valence-electron chi connectivity index (χ2n) is 7.29. The van der Waals surface area contributed by atoms with Crippen molar-refractivity contribution in [3.05, 3.63) is 0 Å². The molecular weight excluding hydrogens is 256 g/mol. The molecule has 0 heterocycles. The number of unbranched alkanes of at least 4 members (excludes halogenated alkanes) is 9. The van der Waals surface area contributed by atoms with Crippen molar-refractivity contribution >= 4 is 0 Å². The number of rotatable bonds is 16. The molecule has 2 unspecified atom stereocenters. The van der Waals surface area contributed by atoms with Gasteiger partial charge in [0.15, 0.2) is 0 Å². The Balaban J connectivity index is 3.16. The van der Waals surface area contributed by atoms with Crippen molar-refractivity contribution in [3.63, 3.8) is 0 Å². The van der Waals surface area contributed by atoms with Gasteiger partial charge in [-0.15, -0.1) is 0 Å². The Kier molecular flexibility index (Phi) is 16.3. The zero-order valence-corrected chi connectivity index (χ0v) is 15.2. The minimum atomic E-state index is 0.354. The van der Waals surface area contributed by atoms with Gasteiger partial charge in [0.05, 0.1) is 0 Å². The van der Waals surface area contributed by atoms with E-state index >= 15 is 0 Å². The summed E-state index contributed by atoms with van der Waals surface area (Å²) >= 11 is 0. The molecule has 1 N–H and O–H groups in total. The molecule has 128 valence electrons. The van der Waals surface area contributed by atoms with E-state index in [-0.39, 0.29) is 0 Å². The molecule has 0 aliphatic rings. The largest absolute Gasteiger partial charge is 0.396 e. The predicted octanol–water partition coefficient (Wildman–Crippen LogP) is 6.73. The predicted molar refractivity (Wildman–Crippen MR) is 95.7 cm³/mol. The molecule has 0 fully saturated rings. The van der Waals surface area contributed by atoms with Crippen LogP contribution in [-0.2, 0) is 0 Å². The van der Waals surface area contributed by atoms with Crippen molar-refractivity contribution in [3.8, 4) is 0 Å². The zero-order valence-electron chi connectivity index (χ0n) is 15.2. The maximum atomic E-state index is 9.00. The van der Waals surface area contributed by atoms with E-state index in [1.807, 2.05) is 0 Å². The van der Waals surface area contributed by atoms with Crippen LogP contribution in [0.15, 0.2) is 0 Å². The SMILES string of the molecule is CCCCCCCCCCCCC(C)CCCC(C)CO. The van der Waals surface area contributed by atoms with E-state index in [1.54, 1.807) is 0 Å². The lowest BCUT2D eigenvalue weighted by Gasteiger charge is -2.12. The van der Waals surface area contributed by atoms with Gasteiger partial charge in [-0.05, 0) is 18.3 Å². The van der Waals surface area contributed by atoms with Gasteiger partial charge in [0.2, 0.25) is 0 Å². The van der Waals surface area contributed by atoms with E-state index in [4.69, 9.17) is 5.11 Å². The highest BCUT2D eigenvalue weighted by molar-refractivity contribution is 4.57. The summed E-state index contributed by atoms with van der Waals surface area (Å²) in [5.74, 6) is 1.37. The molecule has 2 atom stereocenters. The maximum Gasteiger partial charge on any atom is 0.0456 e. The molecule has 0 aromatic heterocycles. The van der Waals surface area contributed by atoms with Crippen LogP contribution in [0.4, 0.5) is 0 Å². The third-order valence-corrected chi connectivity index (χ3v) is 4.76. The molecule has 0 aromatic carbocycles. The van der Waals surface area contributed by atoms with E-state index in [1.165, 1.54) is 89.9 Å². The topological polar surface area (TPSA) is 20.2 Å². The van der Waals surface area contributed by atoms with Crippen LogP contribution in [0.3, 0.4) is 0 Å². The fraction of sp³-hybridized carbons (Fsp3) is 1.00. The Morgan fingerprint density at radius 2 is 1.00 bits per heavy atom. The fourth-order valence-corrected chi connectivity index (χ4v) is 3.03. The minimum absolute atomic E-state index is 0.354. The van der Waals surface area contributed by atoms with Crippen molar-refractivity contribution < 1.29 is 5.11 Å². The Hall–Kier alpha value is -0.0400. The van der Waals surface area contributed by atoms with Gasteiger partial charge in [0.25, 0.3) is 0 Å². The van der Waals surface area contributed by atoms with Gasteiger partial charge in [0, 0.05) is 6.61 Å². The molecule has 0 radical (unpaired) electrons. The van der Waals surface area contributed by atoms with Crippen LogP contribution < -0.4 is 0 Å². The normalized spacial score (nSPS) is 14.3. The molecule has 0 amide bonds. The van der Waals surface area contributed by atoms with Crippen LogP contribution in [0.5, 0.6) is 0 Å². The van der Waals surface area contributed by atoms with Crippen molar-refractivity contribution in [2.45, 2.75) is 111 Å². The molecule has 0 saturated heterocycles. The van der Waals surface area contributed by atoms with Gasteiger partial charge in [-0.2, -0.15) is 0 Å². The molecule has 0 aliphatic heterocycles. The molecule has 0 bridgehead atoms. The van der Waals surface area contributed by atoms with Crippen LogP contribution >= 0.6 is 0 Å². The Labute approximate surface area is 134 Å². The first-order valence-corrected chi connectivity index (χ1v) is 9.81. The Bertz CT molecular complexity index is 190. The smallest absolute Gasteiger partial charge is 0.0456 e. The highest BCUT2D eigenvalue weighted by Crippen LogP contribution is 2.19. The second-order valence-corrected chi connectivity index (χ2v) is 7.29. The summed E-state index contributed by atoms with van der Waals surface area (Å²) in [6.07, 6.45) is 19.6. The molecule has 0 saturated carbocycles. The van der Waals surface area contributed by atoms with Gasteiger partial charge in [0.1, 0.15) is 0 Å². The number of aliphatic hydroxyl groups is 1. The van der Waals surface area contributed by atoms with Crippen LogP contribution in [0.25, 0.3) is 0 Å². The molecule has 0 aliphatic carbocycles. The van der Waals surface area contributed by atoms with E-state index in [9.17, 15) is 0 Å². The molecule has 0 aromatic rings. The standard InChI is InChI=1S/C20H42O/c1-4-5-6-7-8-9-10-11-12-13-15-19(2)16-14-17-20(3)18-21/h19-21H,4-18H2,1-3H3. The third-order valence-electron chi connectivity index (χ3n) is 4.76. The highest BCUT2D eigenvalue weighted by Gasteiger charge is 2.04. The van der Waals surface area contributed by atoms with Crippen LogP contribution in [0.1, 0.15) is 111 Å². The van der Waals surface area contributed by atoms with Gasteiger partial charge in [-0.1, -0.05) is 104 Å². The van der Waals surface area contributed by atoms with Crippen molar-refractivity contribution in [1.82, 2.24) is 0 Å². The lowest BCUT2D eigenvalue weighted by Crippen LogP contribution is -2.02. The van der Waals surface area contributed by atoms with Crippen molar-refractivity contribution in [2.75, 3.05) is 6.61 Å². The third kappa shape index (κ3) is 16.2. The van der Waals surface area contributed by atoms with Gasteiger partial charge in [-0.3, -0.25) is 0 Å². The second kappa shape index (κ2) is 16.3. The van der Waals surface area contributed by atoms with E-state index in [0.29, 0.717) is 12.5 Å². The summed E-state index contributed by atoms with van der Waals surface area (Å²) in [6, 6.07) is 0. The fourth-order valence-electron chi connectivity index (χ4n) is 3.03. The minimum Gasteiger partial charge on any atom is -0.396 e. The molecule has 0 rings (SSSR count). The molecule has 0 spiro atoms. The summed E-state index contributed by atoms with van der Waals surface area (Å²) in [7, 11) is 0. The molecular formula is C20H42O. The summed E-state index contributed by atoms with van der Waals surface area (Å²) in [4.78, 5) is 0.